The van der Waals surface area contributed by atoms with E-state index in [9.17, 15) is 8.42 Å². The summed E-state index contributed by atoms with van der Waals surface area (Å²) in [4.78, 5) is 4.59. The largest absolute Gasteiger partial charge is 0.352 e. The van der Waals surface area contributed by atoms with Crippen LogP contribution in [0, 0.1) is 0 Å². The van der Waals surface area contributed by atoms with Crippen molar-refractivity contribution in [1.82, 2.24) is 14.9 Å². The number of hydrogen-bond donors (Lipinski definition) is 2. The Kier molecular flexibility index (Phi) is 7.06. The van der Waals surface area contributed by atoms with Crippen molar-refractivity contribution in [3.8, 4) is 0 Å². The highest BCUT2D eigenvalue weighted by Gasteiger charge is 2.25. The number of hydrogen-bond acceptors (Lipinski definition) is 3. The first-order chi connectivity index (χ1) is 13.6. The molecular weight excluding hydrogens is 372 g/mol. The van der Waals surface area contributed by atoms with E-state index in [-0.39, 0.29) is 0 Å². The predicted octanol–water partition coefficient (Wildman–Crippen LogP) is 2.73. The van der Waals surface area contributed by atoms with Crippen molar-refractivity contribution < 1.29 is 8.42 Å². The molecule has 1 heterocycles. The fraction of sp³-hybridized carbons (Fsp3) is 0.381. The first-order valence-electron chi connectivity index (χ1n) is 9.67. The van der Waals surface area contributed by atoms with Gasteiger partial charge in [0.1, 0.15) is 0 Å². The molecule has 2 aromatic rings. The van der Waals surface area contributed by atoms with E-state index >= 15 is 0 Å². The Hall–Kier alpha value is -2.38. The Labute approximate surface area is 167 Å². The smallest absolute Gasteiger partial charge is 0.243 e. The normalized spacial score (nSPS) is 16.0. The van der Waals surface area contributed by atoms with Gasteiger partial charge in [0.2, 0.25) is 10.0 Å². The van der Waals surface area contributed by atoms with Crippen LogP contribution in [0.15, 0.2) is 64.5 Å². The predicted molar refractivity (Wildman–Crippen MR) is 113 cm³/mol. The molecule has 28 heavy (non-hydrogen) atoms. The van der Waals surface area contributed by atoms with Crippen LogP contribution in [0.3, 0.4) is 0 Å². The molecule has 0 bridgehead atoms. The van der Waals surface area contributed by atoms with Gasteiger partial charge in [0.05, 0.1) is 4.90 Å². The maximum atomic E-state index is 12.7. The molecule has 1 saturated heterocycles. The minimum Gasteiger partial charge on any atom is -0.352 e. The molecule has 1 aliphatic heterocycles. The van der Waals surface area contributed by atoms with Crippen molar-refractivity contribution in [1.29, 1.82) is 0 Å². The number of benzene rings is 2. The average Bonchev–Trinajstić information content (AvgIpc) is 2.75. The Balaban J connectivity index is 1.54. The molecule has 2 N–H and O–H groups in total. The Morgan fingerprint density at radius 2 is 1.46 bits per heavy atom. The highest BCUT2D eigenvalue weighted by atomic mass is 32.2. The minimum atomic E-state index is -3.38. The summed E-state index contributed by atoms with van der Waals surface area (Å²) in [6.07, 6.45) is 2.99. The third-order valence-corrected chi connectivity index (χ3v) is 6.78. The lowest BCUT2D eigenvalue weighted by atomic mass is 10.2. The van der Waals surface area contributed by atoms with E-state index in [1.54, 1.807) is 23.5 Å². The highest BCUT2D eigenvalue weighted by Crippen LogP contribution is 2.20. The van der Waals surface area contributed by atoms with Crippen LogP contribution >= 0.6 is 0 Å². The number of nitrogens with one attached hydrogen (secondary N) is 2. The average molecular weight is 401 g/mol. The first-order valence-corrected chi connectivity index (χ1v) is 11.1. The van der Waals surface area contributed by atoms with Crippen molar-refractivity contribution in [3.63, 3.8) is 0 Å². The summed E-state index contributed by atoms with van der Waals surface area (Å²) >= 11 is 0. The summed E-state index contributed by atoms with van der Waals surface area (Å²) in [5.41, 5.74) is 2.18. The summed E-state index contributed by atoms with van der Waals surface area (Å²) in [5.74, 6) is 0.703. The zero-order valence-corrected chi connectivity index (χ0v) is 17.1. The van der Waals surface area contributed by atoms with Crippen LogP contribution < -0.4 is 10.6 Å². The maximum Gasteiger partial charge on any atom is 0.243 e. The topological polar surface area (TPSA) is 73.8 Å². The monoisotopic (exact) mass is 400 g/mol. The van der Waals surface area contributed by atoms with Gasteiger partial charge in [-0.1, -0.05) is 48.9 Å². The lowest BCUT2D eigenvalue weighted by Crippen LogP contribution is -2.36. The van der Waals surface area contributed by atoms with E-state index in [0.717, 1.165) is 24.8 Å². The second kappa shape index (κ2) is 9.71. The molecule has 0 radical (unpaired) electrons. The zero-order valence-electron chi connectivity index (χ0n) is 16.3. The molecule has 0 aromatic heterocycles. The van der Waals surface area contributed by atoms with Crippen LogP contribution in [0.5, 0.6) is 0 Å². The molecule has 150 valence electrons. The second-order valence-electron chi connectivity index (χ2n) is 6.87. The number of sulfonamides is 1. The van der Waals surface area contributed by atoms with Gasteiger partial charge < -0.3 is 10.6 Å². The lowest BCUT2D eigenvalue weighted by molar-refractivity contribution is 0.346. The molecule has 2 aromatic carbocycles. The molecule has 1 aliphatic rings. The van der Waals surface area contributed by atoms with Crippen LogP contribution in [0.25, 0.3) is 0 Å². The SMILES string of the molecule is CN=C(NCc1ccccc1)NCc1ccc(S(=O)(=O)N2CCCCC2)cc1. The third kappa shape index (κ3) is 5.33. The first kappa shape index (κ1) is 20.4. The molecule has 0 amide bonds. The van der Waals surface area contributed by atoms with Crippen LogP contribution in [0.2, 0.25) is 0 Å². The van der Waals surface area contributed by atoms with Crippen molar-refractivity contribution in [2.75, 3.05) is 20.1 Å². The summed E-state index contributed by atoms with van der Waals surface area (Å²) in [6, 6.07) is 17.2. The van der Waals surface area contributed by atoms with Gasteiger partial charge in [-0.25, -0.2) is 8.42 Å². The van der Waals surface area contributed by atoms with E-state index < -0.39 is 10.0 Å². The summed E-state index contributed by atoms with van der Waals surface area (Å²) in [5, 5.41) is 6.53. The summed E-state index contributed by atoms with van der Waals surface area (Å²) < 4.78 is 27.0. The van der Waals surface area contributed by atoms with Gasteiger partial charge in [-0.05, 0) is 36.1 Å². The van der Waals surface area contributed by atoms with Crippen LogP contribution in [0.1, 0.15) is 30.4 Å². The van der Waals surface area contributed by atoms with Crippen molar-refractivity contribution in [2.45, 2.75) is 37.2 Å². The number of nitrogens with zero attached hydrogens (tertiary/aromatic N) is 2. The lowest BCUT2D eigenvalue weighted by Gasteiger charge is -2.25. The molecular formula is C21H28N4O2S. The molecule has 0 saturated carbocycles. The van der Waals surface area contributed by atoms with E-state index in [2.05, 4.69) is 27.8 Å². The molecule has 3 rings (SSSR count). The third-order valence-electron chi connectivity index (χ3n) is 4.86. The molecule has 0 aliphatic carbocycles. The van der Waals surface area contributed by atoms with Crippen LogP contribution in [0.4, 0.5) is 0 Å². The molecule has 0 spiro atoms. The Bertz CT molecular complexity index is 874. The number of guanidine groups is 1. The number of piperidine rings is 1. The van der Waals surface area contributed by atoms with Gasteiger partial charge in [-0.2, -0.15) is 4.31 Å². The molecule has 7 heteroatoms. The second-order valence-corrected chi connectivity index (χ2v) is 8.81. The van der Waals surface area contributed by atoms with Gasteiger partial charge in [-0.15, -0.1) is 0 Å². The fourth-order valence-corrected chi connectivity index (χ4v) is 4.74. The van der Waals surface area contributed by atoms with Gasteiger partial charge in [0, 0.05) is 33.2 Å². The molecule has 0 atom stereocenters. The standard InChI is InChI=1S/C21H28N4O2S/c1-22-21(23-16-18-8-4-2-5-9-18)24-17-19-10-12-20(13-11-19)28(26,27)25-14-6-3-7-15-25/h2,4-5,8-13H,3,6-7,14-17H2,1H3,(H2,22,23,24). The quantitative estimate of drug-likeness (QED) is 0.578. The number of rotatable bonds is 6. The van der Waals surface area contributed by atoms with E-state index in [1.807, 2.05) is 30.3 Å². The van der Waals surface area contributed by atoms with Crippen LogP contribution in [-0.2, 0) is 23.1 Å². The number of aliphatic imine (C=N–C) groups is 1. The molecule has 0 unspecified atom stereocenters. The Morgan fingerprint density at radius 1 is 0.893 bits per heavy atom. The molecule has 6 nitrogen and oxygen atoms in total. The Morgan fingerprint density at radius 3 is 2.04 bits per heavy atom. The van der Waals surface area contributed by atoms with Crippen molar-refractivity contribution in [2.24, 2.45) is 4.99 Å². The van der Waals surface area contributed by atoms with Gasteiger partial charge in [-0.3, -0.25) is 4.99 Å². The summed E-state index contributed by atoms with van der Waals surface area (Å²) in [7, 11) is -1.65. The highest BCUT2D eigenvalue weighted by molar-refractivity contribution is 7.89. The van der Waals surface area contributed by atoms with Crippen molar-refractivity contribution in [3.05, 3.63) is 65.7 Å². The van der Waals surface area contributed by atoms with E-state index in [4.69, 9.17) is 0 Å². The zero-order chi connectivity index (χ0) is 19.8. The molecule has 1 fully saturated rings. The van der Waals surface area contributed by atoms with Gasteiger partial charge >= 0.3 is 0 Å². The minimum absolute atomic E-state index is 0.365. The van der Waals surface area contributed by atoms with Gasteiger partial charge in [0.25, 0.3) is 0 Å². The van der Waals surface area contributed by atoms with E-state index in [0.29, 0.717) is 37.0 Å². The van der Waals surface area contributed by atoms with Crippen molar-refractivity contribution >= 4 is 16.0 Å². The fourth-order valence-electron chi connectivity index (χ4n) is 3.22. The summed E-state index contributed by atoms with van der Waals surface area (Å²) in [6.45, 7) is 2.50. The van der Waals surface area contributed by atoms with Crippen LogP contribution in [-0.4, -0.2) is 38.8 Å². The van der Waals surface area contributed by atoms with Gasteiger partial charge in [0.15, 0.2) is 5.96 Å². The van der Waals surface area contributed by atoms with E-state index in [1.165, 1.54) is 5.56 Å². The maximum absolute atomic E-state index is 12.7.